The van der Waals surface area contributed by atoms with Gasteiger partial charge in [0.1, 0.15) is 0 Å². The Balaban J connectivity index is 2.02. The van der Waals surface area contributed by atoms with Crippen molar-refractivity contribution in [2.45, 2.75) is 32.4 Å². The third-order valence-electron chi connectivity index (χ3n) is 3.78. The first-order chi connectivity index (χ1) is 11.7. The van der Waals surface area contributed by atoms with E-state index in [1.165, 1.54) is 0 Å². The highest BCUT2D eigenvalue weighted by Crippen LogP contribution is 2.36. The normalized spacial score (nSPS) is 17.7. The molecule has 0 saturated carbocycles. The molecule has 0 spiro atoms. The van der Waals surface area contributed by atoms with Crippen LogP contribution >= 0.6 is 15.9 Å². The molecule has 1 fully saturated rings. The Morgan fingerprint density at radius 2 is 2.17 bits per heavy atom. The van der Waals surface area contributed by atoms with Crippen molar-refractivity contribution in [1.29, 1.82) is 0 Å². The summed E-state index contributed by atoms with van der Waals surface area (Å²) in [7, 11) is 3.25. The van der Waals surface area contributed by atoms with Crippen molar-refractivity contribution in [1.82, 2.24) is 10.6 Å². The summed E-state index contributed by atoms with van der Waals surface area (Å²) in [6.07, 6.45) is 2.53. The van der Waals surface area contributed by atoms with Gasteiger partial charge >= 0.3 is 0 Å². The molecule has 6 nitrogen and oxygen atoms in total. The monoisotopic (exact) mass is 399 g/mol. The van der Waals surface area contributed by atoms with Gasteiger partial charge in [-0.25, -0.2) is 4.99 Å². The van der Waals surface area contributed by atoms with E-state index >= 15 is 0 Å². The quantitative estimate of drug-likeness (QED) is 0.544. The first kappa shape index (κ1) is 18.9. The van der Waals surface area contributed by atoms with E-state index in [9.17, 15) is 0 Å². The number of halogens is 1. The molecular weight excluding hydrogens is 374 g/mol. The molecule has 0 aliphatic carbocycles. The van der Waals surface area contributed by atoms with Crippen LogP contribution in [0.15, 0.2) is 21.6 Å². The molecule has 0 aromatic heterocycles. The first-order valence-electron chi connectivity index (χ1n) is 8.22. The van der Waals surface area contributed by atoms with Gasteiger partial charge in [0, 0.05) is 19.7 Å². The molecular formula is C17H26BrN3O3. The fraction of sp³-hybridized carbons (Fsp3) is 0.588. The number of methoxy groups -OCH3 is 2. The average molecular weight is 400 g/mol. The maximum absolute atomic E-state index is 5.63. The van der Waals surface area contributed by atoms with Crippen LogP contribution in [0.5, 0.6) is 11.5 Å². The smallest absolute Gasteiger partial charge is 0.191 e. The van der Waals surface area contributed by atoms with E-state index in [2.05, 4.69) is 38.5 Å². The van der Waals surface area contributed by atoms with E-state index in [1.54, 1.807) is 14.2 Å². The Hall–Kier alpha value is -1.47. The minimum Gasteiger partial charge on any atom is -0.493 e. The van der Waals surface area contributed by atoms with Crippen molar-refractivity contribution in [3.8, 4) is 11.5 Å². The summed E-state index contributed by atoms with van der Waals surface area (Å²) in [6.45, 7) is 5.05. The largest absolute Gasteiger partial charge is 0.493 e. The highest BCUT2D eigenvalue weighted by molar-refractivity contribution is 9.10. The van der Waals surface area contributed by atoms with Crippen molar-refractivity contribution in [3.63, 3.8) is 0 Å². The van der Waals surface area contributed by atoms with Crippen molar-refractivity contribution in [2.75, 3.05) is 33.9 Å². The summed E-state index contributed by atoms with van der Waals surface area (Å²) in [4.78, 5) is 4.64. The molecule has 1 unspecified atom stereocenters. The highest BCUT2D eigenvalue weighted by Gasteiger charge is 2.15. The molecule has 0 amide bonds. The minimum absolute atomic E-state index is 0.282. The van der Waals surface area contributed by atoms with Crippen molar-refractivity contribution < 1.29 is 14.2 Å². The van der Waals surface area contributed by atoms with Crippen molar-refractivity contribution in [3.05, 3.63) is 22.2 Å². The second-order valence-electron chi connectivity index (χ2n) is 5.52. The molecule has 7 heteroatoms. The lowest BCUT2D eigenvalue weighted by Crippen LogP contribution is -2.41. The second-order valence-corrected chi connectivity index (χ2v) is 6.38. The predicted molar refractivity (Wildman–Crippen MR) is 99.0 cm³/mol. The summed E-state index contributed by atoms with van der Waals surface area (Å²) in [6, 6.07) is 3.94. The van der Waals surface area contributed by atoms with E-state index in [1.807, 2.05) is 12.1 Å². The second kappa shape index (κ2) is 9.74. The minimum atomic E-state index is 0.282. The SMILES string of the molecule is CCNC(=NCc1cc(Br)c(OC)c(OC)c1)NCC1CCCO1. The molecule has 1 saturated heterocycles. The lowest BCUT2D eigenvalue weighted by atomic mass is 10.2. The van der Waals surface area contributed by atoms with E-state index in [4.69, 9.17) is 14.2 Å². The van der Waals surface area contributed by atoms with Gasteiger partial charge in [-0.1, -0.05) is 0 Å². The Morgan fingerprint density at radius 3 is 2.79 bits per heavy atom. The zero-order valence-electron chi connectivity index (χ0n) is 14.5. The number of benzene rings is 1. The summed E-state index contributed by atoms with van der Waals surface area (Å²) in [5, 5.41) is 6.60. The molecule has 1 heterocycles. The maximum Gasteiger partial charge on any atom is 0.191 e. The van der Waals surface area contributed by atoms with Gasteiger partial charge in [-0.15, -0.1) is 0 Å². The number of hydrogen-bond donors (Lipinski definition) is 2. The summed E-state index contributed by atoms with van der Waals surface area (Å²) < 4.78 is 17.2. The molecule has 1 atom stereocenters. The van der Waals surface area contributed by atoms with Crippen LogP contribution in [-0.2, 0) is 11.3 Å². The fourth-order valence-corrected chi connectivity index (χ4v) is 3.24. The van der Waals surface area contributed by atoms with Crippen molar-refractivity contribution >= 4 is 21.9 Å². The Labute approximate surface area is 152 Å². The molecule has 24 heavy (non-hydrogen) atoms. The highest BCUT2D eigenvalue weighted by atomic mass is 79.9. The summed E-state index contributed by atoms with van der Waals surface area (Å²) >= 11 is 3.51. The van der Waals surface area contributed by atoms with Crippen molar-refractivity contribution in [2.24, 2.45) is 4.99 Å². The van der Waals surface area contributed by atoms with Crippen LogP contribution in [0.3, 0.4) is 0 Å². The van der Waals surface area contributed by atoms with E-state index in [-0.39, 0.29) is 6.10 Å². The number of ether oxygens (including phenoxy) is 3. The van der Waals surface area contributed by atoms with Crippen LogP contribution in [-0.4, -0.2) is 46.0 Å². The number of hydrogen-bond acceptors (Lipinski definition) is 4. The van der Waals surface area contributed by atoms with Gasteiger partial charge in [-0.2, -0.15) is 0 Å². The average Bonchev–Trinajstić information content (AvgIpc) is 3.10. The topological polar surface area (TPSA) is 64.1 Å². The van der Waals surface area contributed by atoms with E-state index in [0.717, 1.165) is 48.5 Å². The number of nitrogens with one attached hydrogen (secondary N) is 2. The van der Waals surface area contributed by atoms with Gasteiger partial charge in [0.2, 0.25) is 0 Å². The standard InChI is InChI=1S/C17H26BrN3O3/c1-4-19-17(21-11-13-6-5-7-24-13)20-10-12-8-14(18)16(23-3)15(9-12)22-2/h8-9,13H,4-7,10-11H2,1-3H3,(H2,19,20,21). The lowest BCUT2D eigenvalue weighted by molar-refractivity contribution is 0.114. The van der Waals surface area contributed by atoms with E-state index < -0.39 is 0 Å². The third-order valence-corrected chi connectivity index (χ3v) is 4.37. The van der Waals surface area contributed by atoms with Gasteiger partial charge in [-0.05, 0) is 53.4 Å². The summed E-state index contributed by atoms with van der Waals surface area (Å²) in [5.74, 6) is 2.17. The van der Waals surface area contributed by atoms with Gasteiger partial charge in [0.25, 0.3) is 0 Å². The zero-order chi connectivity index (χ0) is 17.4. The number of rotatable bonds is 7. The molecule has 1 aromatic rings. The van der Waals surface area contributed by atoms with Gasteiger partial charge in [-0.3, -0.25) is 0 Å². The predicted octanol–water partition coefficient (Wildman–Crippen LogP) is 2.70. The molecule has 2 rings (SSSR count). The molecule has 0 radical (unpaired) electrons. The van der Waals surface area contributed by atoms with Crippen LogP contribution in [0.4, 0.5) is 0 Å². The molecule has 134 valence electrons. The lowest BCUT2D eigenvalue weighted by Gasteiger charge is -2.15. The van der Waals surface area contributed by atoms with Crippen LogP contribution in [0.25, 0.3) is 0 Å². The van der Waals surface area contributed by atoms with Gasteiger partial charge < -0.3 is 24.8 Å². The van der Waals surface area contributed by atoms with Gasteiger partial charge in [0.15, 0.2) is 17.5 Å². The maximum atomic E-state index is 5.63. The third kappa shape index (κ3) is 5.27. The van der Waals surface area contributed by atoms with Gasteiger partial charge in [0.05, 0.1) is 31.3 Å². The fourth-order valence-electron chi connectivity index (χ4n) is 2.59. The Kier molecular flexibility index (Phi) is 7.65. The Morgan fingerprint density at radius 1 is 1.33 bits per heavy atom. The molecule has 1 aliphatic rings. The zero-order valence-corrected chi connectivity index (χ0v) is 16.1. The van der Waals surface area contributed by atoms with Crippen LogP contribution in [0.1, 0.15) is 25.3 Å². The molecule has 1 aliphatic heterocycles. The van der Waals surface area contributed by atoms with Crippen LogP contribution in [0.2, 0.25) is 0 Å². The molecule has 2 N–H and O–H groups in total. The molecule has 1 aromatic carbocycles. The van der Waals surface area contributed by atoms with Crippen LogP contribution < -0.4 is 20.1 Å². The molecule has 0 bridgehead atoms. The summed E-state index contributed by atoms with van der Waals surface area (Å²) in [5.41, 5.74) is 1.04. The van der Waals surface area contributed by atoms with Crippen LogP contribution in [0, 0.1) is 0 Å². The number of aliphatic imine (C=N–C) groups is 1. The Bertz CT molecular complexity index is 560. The first-order valence-corrected chi connectivity index (χ1v) is 9.01. The number of guanidine groups is 1. The number of nitrogens with zero attached hydrogens (tertiary/aromatic N) is 1. The van der Waals surface area contributed by atoms with E-state index in [0.29, 0.717) is 18.0 Å².